The smallest absolute Gasteiger partial charge is 0.219 e. The molecule has 0 atom stereocenters. The second-order valence-electron chi connectivity index (χ2n) is 3.76. The first-order valence-corrected chi connectivity index (χ1v) is 4.99. The molecule has 3 nitrogen and oxygen atoms in total. The molecule has 0 saturated heterocycles. The molecule has 88 valence electrons. The Balaban J connectivity index is 2.54. The minimum absolute atomic E-state index is 0.0240. The van der Waals surface area contributed by atoms with Crippen LogP contribution in [0.15, 0.2) is 24.4 Å². The summed E-state index contributed by atoms with van der Waals surface area (Å²) in [7, 11) is 1.62. The molecule has 0 radical (unpaired) electrons. The van der Waals surface area contributed by atoms with Gasteiger partial charge in [0.25, 0.3) is 0 Å². The van der Waals surface area contributed by atoms with E-state index >= 15 is 0 Å². The Bertz CT molecular complexity index is 590. The van der Waals surface area contributed by atoms with E-state index in [1.54, 1.807) is 13.2 Å². The third-order valence-corrected chi connectivity index (χ3v) is 2.46. The molecule has 0 fully saturated rings. The van der Waals surface area contributed by atoms with Gasteiger partial charge in [0.05, 0.1) is 5.56 Å². The first-order valence-electron chi connectivity index (χ1n) is 4.99. The van der Waals surface area contributed by atoms with Gasteiger partial charge in [0.15, 0.2) is 0 Å². The van der Waals surface area contributed by atoms with Gasteiger partial charge in [0.1, 0.15) is 17.3 Å². The summed E-state index contributed by atoms with van der Waals surface area (Å²) in [5, 5.41) is 3.83. The van der Waals surface area contributed by atoms with Crippen molar-refractivity contribution in [3.05, 3.63) is 52.9 Å². The van der Waals surface area contributed by atoms with Crippen LogP contribution >= 0.6 is 0 Å². The van der Waals surface area contributed by atoms with Crippen molar-refractivity contribution < 1.29 is 13.6 Å². The lowest BCUT2D eigenvalue weighted by atomic mass is 10.0. The van der Waals surface area contributed by atoms with Crippen molar-refractivity contribution in [2.24, 2.45) is 7.05 Å². The molecule has 0 saturated carbocycles. The number of aryl methyl sites for hydroxylation is 2. The van der Waals surface area contributed by atoms with Crippen molar-refractivity contribution in [2.45, 2.75) is 6.92 Å². The summed E-state index contributed by atoms with van der Waals surface area (Å²) in [5.41, 5.74) is -0.301. The lowest BCUT2D eigenvalue weighted by Crippen LogP contribution is -2.10. The first-order chi connectivity index (χ1) is 8.00. The van der Waals surface area contributed by atoms with Gasteiger partial charge in [0.2, 0.25) is 5.78 Å². The molecular formula is C12H10F2N2O. The van der Waals surface area contributed by atoms with Gasteiger partial charge in [-0.2, -0.15) is 5.10 Å². The number of carbonyl (C=O) groups excluding carboxylic acids is 1. The average Bonchev–Trinajstić information content (AvgIpc) is 2.71. The minimum atomic E-state index is -0.872. The molecule has 1 aromatic carbocycles. The molecule has 0 aliphatic carbocycles. The highest BCUT2D eigenvalue weighted by atomic mass is 19.1. The average molecular weight is 236 g/mol. The van der Waals surface area contributed by atoms with E-state index in [2.05, 4.69) is 5.10 Å². The summed E-state index contributed by atoms with van der Waals surface area (Å²) in [4.78, 5) is 11.9. The molecule has 0 aliphatic rings. The number of rotatable bonds is 2. The van der Waals surface area contributed by atoms with Crippen molar-refractivity contribution in [3.8, 4) is 0 Å². The van der Waals surface area contributed by atoms with Crippen molar-refractivity contribution in [1.29, 1.82) is 0 Å². The summed E-state index contributed by atoms with van der Waals surface area (Å²) < 4.78 is 28.6. The van der Waals surface area contributed by atoms with Crippen LogP contribution in [0, 0.1) is 18.6 Å². The Hall–Kier alpha value is -2.04. The predicted molar refractivity (Wildman–Crippen MR) is 57.7 cm³/mol. The fourth-order valence-corrected chi connectivity index (χ4v) is 1.53. The van der Waals surface area contributed by atoms with Crippen LogP contribution in [0.3, 0.4) is 0 Å². The third kappa shape index (κ3) is 1.95. The predicted octanol–water partition coefficient (Wildman–Crippen LogP) is 2.24. The molecule has 0 aliphatic heterocycles. The van der Waals surface area contributed by atoms with E-state index in [9.17, 15) is 13.6 Å². The van der Waals surface area contributed by atoms with Crippen LogP contribution in [-0.2, 0) is 7.05 Å². The number of nitrogens with zero attached hydrogens (tertiary/aromatic N) is 2. The zero-order valence-electron chi connectivity index (χ0n) is 9.37. The number of hydrogen-bond donors (Lipinski definition) is 0. The van der Waals surface area contributed by atoms with Crippen LogP contribution in [0.2, 0.25) is 0 Å². The van der Waals surface area contributed by atoms with E-state index in [1.165, 1.54) is 23.7 Å². The highest BCUT2D eigenvalue weighted by Gasteiger charge is 2.22. The van der Waals surface area contributed by atoms with Gasteiger partial charge in [-0.3, -0.25) is 9.48 Å². The normalized spacial score (nSPS) is 10.6. The van der Waals surface area contributed by atoms with Crippen LogP contribution in [0.5, 0.6) is 0 Å². The summed E-state index contributed by atoms with van der Waals surface area (Å²) in [5.74, 6) is -2.45. The largest absolute Gasteiger partial charge is 0.287 e. The second kappa shape index (κ2) is 4.08. The van der Waals surface area contributed by atoms with E-state index in [4.69, 9.17) is 0 Å². The minimum Gasteiger partial charge on any atom is -0.287 e. The zero-order chi connectivity index (χ0) is 12.6. The Morgan fingerprint density at radius 2 is 2.00 bits per heavy atom. The Morgan fingerprint density at radius 1 is 1.29 bits per heavy atom. The lowest BCUT2D eigenvalue weighted by molar-refractivity contribution is 0.102. The van der Waals surface area contributed by atoms with Crippen molar-refractivity contribution >= 4 is 5.78 Å². The maximum absolute atomic E-state index is 13.7. The molecule has 0 N–H and O–H groups in total. The summed E-state index contributed by atoms with van der Waals surface area (Å²) in [6.45, 7) is 1.48. The number of hydrogen-bond acceptors (Lipinski definition) is 2. The van der Waals surface area contributed by atoms with E-state index < -0.39 is 23.0 Å². The molecule has 1 aromatic heterocycles. The number of carbonyl (C=O) groups is 1. The maximum Gasteiger partial charge on any atom is 0.219 e. The maximum atomic E-state index is 13.7. The molecular weight excluding hydrogens is 226 g/mol. The molecule has 0 unspecified atom stereocenters. The van der Waals surface area contributed by atoms with Crippen LogP contribution in [0.1, 0.15) is 21.6 Å². The number of benzene rings is 1. The van der Waals surface area contributed by atoms with E-state index in [0.29, 0.717) is 0 Å². The Kier molecular flexibility index (Phi) is 2.75. The standard InChI is InChI=1S/C12H10F2N2O/c1-7-3-4-8(13)10(11(7)14)12(17)9-5-6-16(2)15-9/h3-6H,1-2H3. The van der Waals surface area contributed by atoms with Crippen LogP contribution in [-0.4, -0.2) is 15.6 Å². The van der Waals surface area contributed by atoms with Gasteiger partial charge < -0.3 is 0 Å². The first kappa shape index (κ1) is 11.4. The van der Waals surface area contributed by atoms with Gasteiger partial charge in [0, 0.05) is 13.2 Å². The number of ketones is 1. The topological polar surface area (TPSA) is 34.9 Å². The van der Waals surface area contributed by atoms with E-state index in [1.807, 2.05) is 0 Å². The van der Waals surface area contributed by atoms with Crippen LogP contribution in [0.25, 0.3) is 0 Å². The SMILES string of the molecule is Cc1ccc(F)c(C(=O)c2ccn(C)n2)c1F. The van der Waals surface area contributed by atoms with Crippen LogP contribution in [0.4, 0.5) is 8.78 Å². The Labute approximate surface area is 96.7 Å². The van der Waals surface area contributed by atoms with E-state index in [-0.39, 0.29) is 11.3 Å². The van der Waals surface area contributed by atoms with Crippen molar-refractivity contribution in [3.63, 3.8) is 0 Å². The summed E-state index contributed by atoms with van der Waals surface area (Å²) >= 11 is 0. The molecule has 2 rings (SSSR count). The molecule has 0 spiro atoms. The molecule has 0 bridgehead atoms. The highest BCUT2D eigenvalue weighted by Crippen LogP contribution is 2.19. The second-order valence-corrected chi connectivity index (χ2v) is 3.76. The molecule has 17 heavy (non-hydrogen) atoms. The number of halogens is 2. The molecule has 5 heteroatoms. The summed E-state index contributed by atoms with van der Waals surface area (Å²) in [6.07, 6.45) is 1.54. The summed E-state index contributed by atoms with van der Waals surface area (Å²) in [6, 6.07) is 3.79. The van der Waals surface area contributed by atoms with Gasteiger partial charge in [-0.1, -0.05) is 6.07 Å². The lowest BCUT2D eigenvalue weighted by Gasteiger charge is -2.04. The zero-order valence-corrected chi connectivity index (χ0v) is 9.37. The Morgan fingerprint density at radius 3 is 2.59 bits per heavy atom. The molecule has 2 aromatic rings. The molecule has 0 amide bonds. The van der Waals surface area contributed by atoms with Gasteiger partial charge in [-0.05, 0) is 24.6 Å². The van der Waals surface area contributed by atoms with Gasteiger partial charge in [-0.15, -0.1) is 0 Å². The fraction of sp³-hybridized carbons (Fsp3) is 0.167. The number of aromatic nitrogens is 2. The van der Waals surface area contributed by atoms with E-state index in [0.717, 1.165) is 6.07 Å². The monoisotopic (exact) mass is 236 g/mol. The van der Waals surface area contributed by atoms with Crippen molar-refractivity contribution in [2.75, 3.05) is 0 Å². The van der Waals surface area contributed by atoms with Gasteiger partial charge in [-0.25, -0.2) is 8.78 Å². The van der Waals surface area contributed by atoms with Crippen molar-refractivity contribution in [1.82, 2.24) is 9.78 Å². The van der Waals surface area contributed by atoms with Gasteiger partial charge >= 0.3 is 0 Å². The molecule has 1 heterocycles. The third-order valence-electron chi connectivity index (χ3n) is 2.46. The highest BCUT2D eigenvalue weighted by molar-refractivity contribution is 6.08. The quantitative estimate of drug-likeness (QED) is 0.749. The fourth-order valence-electron chi connectivity index (χ4n) is 1.53. The van der Waals surface area contributed by atoms with Crippen LogP contribution < -0.4 is 0 Å².